The Labute approximate surface area is 155 Å². The first-order valence-electron chi connectivity index (χ1n) is 7.78. The fraction of sp³-hybridized carbons (Fsp3) is 0.222. The zero-order valence-corrected chi connectivity index (χ0v) is 15.7. The Morgan fingerprint density at radius 3 is 2.76 bits per heavy atom. The summed E-state index contributed by atoms with van der Waals surface area (Å²) in [6, 6.07) is 13.1. The van der Waals surface area contributed by atoms with E-state index in [1.807, 2.05) is 39.0 Å². The molecule has 0 aliphatic heterocycles. The molecule has 25 heavy (non-hydrogen) atoms. The number of benzene rings is 2. The third-order valence-corrected chi connectivity index (χ3v) is 5.06. The molecular weight excluding hydrogens is 356 g/mol. The Morgan fingerprint density at radius 1 is 1.20 bits per heavy atom. The molecule has 0 N–H and O–H groups in total. The standard InChI is InChI=1S/C18H17ClN4OS/c1-11-7-8-12(2)16(9-11)23-18(20-21-22-23)25-13(3)17(24)14-5-4-6-15(19)10-14/h4-10,13H,1-3H3. The van der Waals surface area contributed by atoms with E-state index in [2.05, 4.69) is 15.5 Å². The summed E-state index contributed by atoms with van der Waals surface area (Å²) in [5.74, 6) is -0.0111. The summed E-state index contributed by atoms with van der Waals surface area (Å²) in [5.41, 5.74) is 3.68. The number of hydrogen-bond acceptors (Lipinski definition) is 5. The molecular formula is C18H17ClN4OS. The highest BCUT2D eigenvalue weighted by Gasteiger charge is 2.21. The summed E-state index contributed by atoms with van der Waals surface area (Å²) in [6.45, 7) is 5.87. The molecule has 128 valence electrons. The summed E-state index contributed by atoms with van der Waals surface area (Å²) in [6.07, 6.45) is 0. The van der Waals surface area contributed by atoms with Gasteiger partial charge in [0.1, 0.15) is 0 Å². The maximum absolute atomic E-state index is 12.6. The number of carbonyl (C=O) groups excluding carboxylic acids is 1. The van der Waals surface area contributed by atoms with Crippen molar-refractivity contribution < 1.29 is 4.79 Å². The smallest absolute Gasteiger partial charge is 0.214 e. The van der Waals surface area contributed by atoms with Gasteiger partial charge < -0.3 is 0 Å². The predicted octanol–water partition coefficient (Wildman–Crippen LogP) is 4.30. The van der Waals surface area contributed by atoms with Gasteiger partial charge in [0.25, 0.3) is 0 Å². The van der Waals surface area contributed by atoms with E-state index >= 15 is 0 Å². The van der Waals surface area contributed by atoms with Gasteiger partial charge in [0, 0.05) is 10.6 Å². The molecule has 1 aromatic heterocycles. The van der Waals surface area contributed by atoms with E-state index in [1.54, 1.807) is 28.9 Å². The Kier molecular flexibility index (Phi) is 5.20. The second-order valence-electron chi connectivity index (χ2n) is 5.80. The van der Waals surface area contributed by atoms with Crippen LogP contribution in [-0.4, -0.2) is 31.2 Å². The van der Waals surface area contributed by atoms with Crippen LogP contribution >= 0.6 is 23.4 Å². The number of nitrogens with zero attached hydrogens (tertiary/aromatic N) is 4. The van der Waals surface area contributed by atoms with Crippen LogP contribution in [0.3, 0.4) is 0 Å². The van der Waals surface area contributed by atoms with Crippen LogP contribution in [0, 0.1) is 13.8 Å². The Hall–Kier alpha value is -2.18. The molecule has 5 nitrogen and oxygen atoms in total. The molecule has 0 bridgehead atoms. The number of carbonyl (C=O) groups is 1. The van der Waals surface area contributed by atoms with E-state index in [4.69, 9.17) is 11.6 Å². The minimum Gasteiger partial charge on any atom is -0.293 e. The molecule has 0 saturated carbocycles. The maximum atomic E-state index is 12.6. The zero-order chi connectivity index (χ0) is 18.0. The van der Waals surface area contributed by atoms with Crippen molar-refractivity contribution in [1.82, 2.24) is 20.2 Å². The number of rotatable bonds is 5. The number of thioether (sulfide) groups is 1. The van der Waals surface area contributed by atoms with Gasteiger partial charge in [-0.25, -0.2) is 0 Å². The van der Waals surface area contributed by atoms with Gasteiger partial charge in [0.05, 0.1) is 10.9 Å². The van der Waals surface area contributed by atoms with E-state index in [1.165, 1.54) is 11.8 Å². The van der Waals surface area contributed by atoms with Crippen molar-refractivity contribution in [3.63, 3.8) is 0 Å². The number of Topliss-reactive ketones (excluding diaryl/α,β-unsaturated/α-hetero) is 1. The minimum absolute atomic E-state index is 0.0111. The normalized spacial score (nSPS) is 12.2. The van der Waals surface area contributed by atoms with Crippen LogP contribution in [0.5, 0.6) is 0 Å². The summed E-state index contributed by atoms with van der Waals surface area (Å²) in [5, 5.41) is 12.7. The van der Waals surface area contributed by atoms with Crippen molar-refractivity contribution in [2.24, 2.45) is 0 Å². The van der Waals surface area contributed by atoms with Gasteiger partial charge >= 0.3 is 0 Å². The lowest BCUT2D eigenvalue weighted by atomic mass is 10.1. The van der Waals surface area contributed by atoms with Gasteiger partial charge in [-0.1, -0.05) is 47.6 Å². The van der Waals surface area contributed by atoms with Crippen molar-refractivity contribution in [3.05, 3.63) is 64.2 Å². The molecule has 2 aromatic carbocycles. The molecule has 1 unspecified atom stereocenters. The van der Waals surface area contributed by atoms with Gasteiger partial charge in [-0.15, -0.1) is 5.10 Å². The quantitative estimate of drug-likeness (QED) is 0.493. The van der Waals surface area contributed by atoms with Crippen LogP contribution in [0.4, 0.5) is 0 Å². The van der Waals surface area contributed by atoms with E-state index in [9.17, 15) is 4.79 Å². The van der Waals surface area contributed by atoms with Crippen LogP contribution in [0.1, 0.15) is 28.4 Å². The largest absolute Gasteiger partial charge is 0.293 e. The molecule has 7 heteroatoms. The van der Waals surface area contributed by atoms with Crippen LogP contribution < -0.4 is 0 Å². The van der Waals surface area contributed by atoms with Gasteiger partial charge in [-0.05, 0) is 60.5 Å². The maximum Gasteiger partial charge on any atom is 0.214 e. The van der Waals surface area contributed by atoms with E-state index in [0.717, 1.165) is 16.8 Å². The van der Waals surface area contributed by atoms with Crippen molar-refractivity contribution >= 4 is 29.1 Å². The number of aromatic nitrogens is 4. The molecule has 0 radical (unpaired) electrons. The monoisotopic (exact) mass is 372 g/mol. The summed E-state index contributed by atoms with van der Waals surface area (Å²) in [4.78, 5) is 12.6. The van der Waals surface area contributed by atoms with E-state index in [0.29, 0.717) is 15.7 Å². The summed E-state index contributed by atoms with van der Waals surface area (Å²) in [7, 11) is 0. The molecule has 0 fully saturated rings. The van der Waals surface area contributed by atoms with Crippen LogP contribution in [0.2, 0.25) is 5.02 Å². The lowest BCUT2D eigenvalue weighted by molar-refractivity contribution is 0.0994. The Morgan fingerprint density at radius 2 is 2.00 bits per heavy atom. The number of tetrazole rings is 1. The average Bonchev–Trinajstić information content (AvgIpc) is 3.04. The van der Waals surface area contributed by atoms with E-state index < -0.39 is 0 Å². The Balaban J connectivity index is 1.86. The SMILES string of the molecule is Cc1ccc(C)c(-n2nnnc2SC(C)C(=O)c2cccc(Cl)c2)c1. The first-order chi connectivity index (χ1) is 12.0. The highest BCUT2D eigenvalue weighted by molar-refractivity contribution is 8.00. The van der Waals surface area contributed by atoms with Crippen molar-refractivity contribution in [2.75, 3.05) is 0 Å². The zero-order valence-electron chi connectivity index (χ0n) is 14.1. The minimum atomic E-state index is -0.340. The molecule has 0 aliphatic carbocycles. The molecule has 0 aliphatic rings. The van der Waals surface area contributed by atoms with Gasteiger partial charge in [-0.3, -0.25) is 4.79 Å². The number of aryl methyl sites for hydroxylation is 2. The lowest BCUT2D eigenvalue weighted by Gasteiger charge is -2.12. The Bertz CT molecular complexity index is 925. The van der Waals surface area contributed by atoms with Gasteiger partial charge in [0.2, 0.25) is 5.16 Å². The van der Waals surface area contributed by atoms with Crippen LogP contribution in [0.15, 0.2) is 47.6 Å². The molecule has 0 spiro atoms. The second-order valence-corrected chi connectivity index (χ2v) is 7.54. The van der Waals surface area contributed by atoms with E-state index in [-0.39, 0.29) is 11.0 Å². The molecule has 1 atom stereocenters. The molecule has 0 saturated heterocycles. The molecule has 0 amide bonds. The summed E-state index contributed by atoms with van der Waals surface area (Å²) < 4.78 is 1.68. The highest BCUT2D eigenvalue weighted by atomic mass is 35.5. The van der Waals surface area contributed by atoms with Crippen molar-refractivity contribution in [1.29, 1.82) is 0 Å². The first kappa shape index (κ1) is 17.6. The van der Waals surface area contributed by atoms with Gasteiger partial charge in [-0.2, -0.15) is 4.68 Å². The topological polar surface area (TPSA) is 60.7 Å². The average molecular weight is 373 g/mol. The third kappa shape index (κ3) is 3.91. The number of ketones is 1. The van der Waals surface area contributed by atoms with Gasteiger partial charge in [0.15, 0.2) is 5.78 Å². The van der Waals surface area contributed by atoms with Crippen LogP contribution in [0.25, 0.3) is 5.69 Å². The third-order valence-electron chi connectivity index (χ3n) is 3.79. The number of hydrogen-bond donors (Lipinski definition) is 0. The fourth-order valence-corrected chi connectivity index (χ4v) is 3.51. The first-order valence-corrected chi connectivity index (χ1v) is 9.04. The molecule has 1 heterocycles. The highest BCUT2D eigenvalue weighted by Crippen LogP contribution is 2.27. The molecule has 3 rings (SSSR count). The lowest BCUT2D eigenvalue weighted by Crippen LogP contribution is -2.15. The predicted molar refractivity (Wildman–Crippen MR) is 99.7 cm³/mol. The summed E-state index contributed by atoms with van der Waals surface area (Å²) >= 11 is 7.31. The second kappa shape index (κ2) is 7.37. The molecule has 3 aromatic rings. The van der Waals surface area contributed by atoms with Crippen molar-refractivity contribution in [2.45, 2.75) is 31.2 Å². The van der Waals surface area contributed by atoms with Crippen molar-refractivity contribution in [3.8, 4) is 5.69 Å². The van der Waals surface area contributed by atoms with Crippen LogP contribution in [-0.2, 0) is 0 Å². The fourth-order valence-electron chi connectivity index (χ4n) is 2.44. The number of halogens is 1.